The van der Waals surface area contributed by atoms with E-state index in [1.54, 1.807) is 25.6 Å². The molecular weight excluding hydrogens is 569 g/mol. The minimum atomic E-state index is -1.81. The van der Waals surface area contributed by atoms with Gasteiger partial charge in [-0.15, -0.1) is 11.8 Å². The highest BCUT2D eigenvalue weighted by Crippen LogP contribution is 2.13. The molecule has 0 saturated carbocycles. The number of carbonyl (C=O) groups excluding carboxylic acids is 4. The molecule has 0 aromatic rings. The molecule has 12 nitrogen and oxygen atoms in total. The minimum Gasteiger partial charge on any atom is -0.426 e. The molecular formula is C26H48BN5O7S2. The molecule has 7 N–H and O–H groups in total. The Morgan fingerprint density at radius 2 is 1.56 bits per heavy atom. The topological polar surface area (TPSA) is 201 Å². The van der Waals surface area contributed by atoms with Crippen molar-refractivity contribution in [3.8, 4) is 6.07 Å². The van der Waals surface area contributed by atoms with Gasteiger partial charge in [-0.2, -0.15) is 16.6 Å². The maximum absolute atomic E-state index is 13.1. The van der Waals surface area contributed by atoms with Crippen LogP contribution in [-0.2, 0) is 19.2 Å². The monoisotopic (exact) mass is 617 g/mol. The number of amides is 4. The van der Waals surface area contributed by atoms with Crippen LogP contribution in [-0.4, -0.2) is 91.8 Å². The van der Waals surface area contributed by atoms with Crippen molar-refractivity contribution in [2.45, 2.75) is 104 Å². The zero-order valence-corrected chi connectivity index (χ0v) is 26.8. The zero-order chi connectivity index (χ0) is 31.7. The molecule has 0 bridgehead atoms. The van der Waals surface area contributed by atoms with E-state index in [4.69, 9.17) is 0 Å². The average molecular weight is 618 g/mol. The van der Waals surface area contributed by atoms with E-state index in [0.29, 0.717) is 34.5 Å². The Kier molecular flexibility index (Phi) is 19.6. The molecule has 15 heteroatoms. The third-order valence-corrected chi connectivity index (χ3v) is 8.19. The van der Waals surface area contributed by atoms with Crippen LogP contribution in [0.4, 0.5) is 0 Å². The van der Waals surface area contributed by atoms with Gasteiger partial charge in [0.15, 0.2) is 0 Å². The molecule has 234 valence electrons. The number of aliphatic hydroxyl groups is 1. The van der Waals surface area contributed by atoms with E-state index < -0.39 is 60.8 Å². The number of thiol groups is 1. The van der Waals surface area contributed by atoms with Crippen LogP contribution in [0.2, 0.25) is 0 Å². The van der Waals surface area contributed by atoms with Gasteiger partial charge in [0.2, 0.25) is 17.7 Å². The summed E-state index contributed by atoms with van der Waals surface area (Å²) >= 11 is 2.28. The van der Waals surface area contributed by atoms with Gasteiger partial charge >= 0.3 is 7.12 Å². The van der Waals surface area contributed by atoms with E-state index in [9.17, 15) is 39.6 Å². The lowest BCUT2D eigenvalue weighted by molar-refractivity contribution is -0.135. The summed E-state index contributed by atoms with van der Waals surface area (Å²) in [6.07, 6.45) is -0.0110. The summed E-state index contributed by atoms with van der Waals surface area (Å²) in [6.45, 7) is 12.6. The summed E-state index contributed by atoms with van der Waals surface area (Å²) in [5.41, 5.74) is 0. The number of nitrogens with one attached hydrogen (secondary N) is 4. The summed E-state index contributed by atoms with van der Waals surface area (Å²) in [4.78, 5) is 50.8. The molecule has 0 radical (unpaired) electrons. The first kappa shape index (κ1) is 38.9. The Labute approximate surface area is 252 Å². The lowest BCUT2D eigenvalue weighted by atomic mass is 9.75. The van der Waals surface area contributed by atoms with Gasteiger partial charge in [0, 0.05) is 17.5 Å². The maximum Gasteiger partial charge on any atom is 0.475 e. The van der Waals surface area contributed by atoms with E-state index in [1.807, 2.05) is 33.8 Å². The van der Waals surface area contributed by atoms with Gasteiger partial charge in [-0.05, 0) is 43.8 Å². The third-order valence-electron chi connectivity index (χ3n) is 5.79. The molecule has 0 spiro atoms. The van der Waals surface area contributed by atoms with Gasteiger partial charge in [-0.25, -0.2) is 0 Å². The molecule has 0 saturated heterocycles. The number of hydrogen-bond donors (Lipinski definition) is 8. The van der Waals surface area contributed by atoms with Gasteiger partial charge in [-0.1, -0.05) is 41.5 Å². The Morgan fingerprint density at radius 3 is 2.05 bits per heavy atom. The molecule has 0 aromatic heterocycles. The molecule has 4 atom stereocenters. The van der Waals surface area contributed by atoms with Crippen LogP contribution in [0.3, 0.4) is 0 Å². The predicted molar refractivity (Wildman–Crippen MR) is 166 cm³/mol. The first-order valence-corrected chi connectivity index (χ1v) is 16.0. The fourth-order valence-electron chi connectivity index (χ4n) is 3.47. The second-order valence-corrected chi connectivity index (χ2v) is 13.9. The summed E-state index contributed by atoms with van der Waals surface area (Å²) in [7, 11) is -1.81. The van der Waals surface area contributed by atoms with Gasteiger partial charge in [0.05, 0.1) is 12.0 Å². The summed E-state index contributed by atoms with van der Waals surface area (Å²) in [5.74, 6) is -3.67. The van der Waals surface area contributed by atoms with E-state index in [0.717, 1.165) is 0 Å². The number of thioether (sulfide) groups is 1. The van der Waals surface area contributed by atoms with Crippen LogP contribution >= 0.6 is 23.1 Å². The summed E-state index contributed by atoms with van der Waals surface area (Å²) in [5, 5.41) is 50.2. The van der Waals surface area contributed by atoms with Gasteiger partial charge in [-0.3, -0.25) is 19.2 Å². The standard InChI is InChI=1S/C26H48BN5O7S2/c1-15(2)12-21(27(38)39)31-24(35)19(30-26(37)22(18(7)33)32-23(34)16(3)4)10-8-9-11-29-25(36)20(13-28)41-14-40-17(5)6/h15-19,21-22,33,38-39,41H,8-12,14H2,1-7H3,(H,29,36)(H,30,37)(H,31,35)(H,32,34)/t18-,19+,21+,22+/m1/s1. The van der Waals surface area contributed by atoms with Crippen molar-refractivity contribution in [2.24, 2.45) is 11.8 Å². The van der Waals surface area contributed by atoms with Crippen molar-refractivity contribution in [1.29, 1.82) is 5.26 Å². The molecule has 0 aromatic carbocycles. The van der Waals surface area contributed by atoms with Crippen LogP contribution in [0.15, 0.2) is 0 Å². The highest BCUT2D eigenvalue weighted by molar-refractivity contribution is 8.16. The van der Waals surface area contributed by atoms with Crippen LogP contribution in [0.1, 0.15) is 74.1 Å². The zero-order valence-electron chi connectivity index (χ0n) is 25.1. The van der Waals surface area contributed by atoms with E-state index >= 15 is 0 Å². The largest absolute Gasteiger partial charge is 0.475 e. The number of carbonyl (C=O) groups is 4. The Balaban J connectivity index is 5.43. The fourth-order valence-corrected chi connectivity index (χ4v) is 5.77. The van der Waals surface area contributed by atoms with E-state index in [2.05, 4.69) is 21.3 Å². The first-order chi connectivity index (χ1) is 19.1. The van der Waals surface area contributed by atoms with Crippen molar-refractivity contribution in [1.82, 2.24) is 21.3 Å². The molecule has 0 heterocycles. The number of rotatable bonds is 19. The smallest absolute Gasteiger partial charge is 0.426 e. The number of aliphatic hydroxyl groups excluding tert-OH is 1. The van der Waals surface area contributed by atoms with Crippen molar-refractivity contribution in [2.75, 3.05) is 11.6 Å². The lowest BCUT2D eigenvalue weighted by Crippen LogP contribution is -2.59. The first-order valence-electron chi connectivity index (χ1n) is 13.9. The number of nitrogens with zero attached hydrogens (tertiary/aromatic N) is 1. The number of unbranched alkanes of at least 4 members (excludes halogenated alkanes) is 1. The van der Waals surface area contributed by atoms with Crippen LogP contribution in [0.5, 0.6) is 0 Å². The highest BCUT2D eigenvalue weighted by Gasteiger charge is 2.33. The van der Waals surface area contributed by atoms with Crippen molar-refractivity contribution < 1.29 is 34.3 Å². The molecule has 0 rings (SSSR count). The molecule has 0 unspecified atom stereocenters. The molecule has 0 aliphatic rings. The van der Waals surface area contributed by atoms with Crippen LogP contribution in [0.25, 0.3) is 0 Å². The van der Waals surface area contributed by atoms with Crippen LogP contribution in [0, 0.1) is 23.2 Å². The highest BCUT2D eigenvalue weighted by atomic mass is 32.2. The molecule has 0 fully saturated rings. The van der Waals surface area contributed by atoms with Crippen molar-refractivity contribution in [3.63, 3.8) is 0 Å². The maximum atomic E-state index is 13.1. The normalized spacial score (nSPS) is 14.8. The summed E-state index contributed by atoms with van der Waals surface area (Å²) < 4.78 is 0. The number of nitriles is 1. The summed E-state index contributed by atoms with van der Waals surface area (Å²) in [6, 6.07) is -0.479. The molecule has 0 aliphatic heterocycles. The lowest BCUT2D eigenvalue weighted by Gasteiger charge is -2.27. The van der Waals surface area contributed by atoms with Crippen molar-refractivity contribution >= 4 is 58.7 Å². The van der Waals surface area contributed by atoms with Crippen molar-refractivity contribution in [3.05, 3.63) is 0 Å². The van der Waals surface area contributed by atoms with E-state index in [1.165, 1.54) is 6.92 Å². The minimum absolute atomic E-state index is 0.0445. The van der Waals surface area contributed by atoms with Gasteiger partial charge < -0.3 is 36.4 Å². The van der Waals surface area contributed by atoms with Crippen LogP contribution < -0.4 is 21.3 Å². The number of hydrogen-bond acceptors (Lipinski definition) is 9. The van der Waals surface area contributed by atoms with E-state index in [-0.39, 0.29) is 30.2 Å². The quantitative estimate of drug-likeness (QED) is 0.0428. The third kappa shape index (κ3) is 16.8. The average Bonchev–Trinajstić information content (AvgIpc) is 2.87. The van der Waals surface area contributed by atoms with Gasteiger partial charge in [0.1, 0.15) is 23.0 Å². The second-order valence-electron chi connectivity index (χ2n) is 10.8. The SMILES string of the molecule is CC(C)C[C@H](NC(=O)[C@H](CCCCNC(=O)/C(C#N)=[SH]/CSC(C)C)NC(=O)[C@@H](NC(=O)C(C)C)[C@@H](C)O)B(O)O. The second kappa shape index (κ2) is 20.7. The Hall–Kier alpha value is -2.12. The molecule has 0 aliphatic carbocycles. The van der Waals surface area contributed by atoms with Gasteiger partial charge in [0.25, 0.3) is 5.91 Å². The fraction of sp³-hybridized carbons (Fsp3) is 0.769. The molecule has 4 amide bonds. The Morgan fingerprint density at radius 1 is 0.927 bits per heavy atom. The predicted octanol–water partition coefficient (Wildman–Crippen LogP) is 0.0828. The molecule has 41 heavy (non-hydrogen) atoms. The Bertz CT molecular complexity index is 926.